The summed E-state index contributed by atoms with van der Waals surface area (Å²) in [6, 6.07) is 10.3. The molecule has 5 nitrogen and oxygen atoms in total. The summed E-state index contributed by atoms with van der Waals surface area (Å²) in [5, 5.41) is 10.2. The zero-order valence-corrected chi connectivity index (χ0v) is 14.3. The summed E-state index contributed by atoms with van der Waals surface area (Å²) in [6.07, 6.45) is 3.42. The number of carbonyl (C=O) groups is 1. The molecule has 2 heterocycles. The maximum atomic E-state index is 11.6. The first-order chi connectivity index (χ1) is 11.7. The number of nitrogens with zero attached hydrogens (tertiary/aromatic N) is 2. The minimum absolute atomic E-state index is 0.182. The summed E-state index contributed by atoms with van der Waals surface area (Å²) in [6.45, 7) is 4.49. The molecule has 1 amide bonds. The summed E-state index contributed by atoms with van der Waals surface area (Å²) in [5.74, 6) is 0.182. The largest absolute Gasteiger partial charge is 0.390 e. The predicted octanol–water partition coefficient (Wildman–Crippen LogP) is 1.65. The first-order valence-corrected chi connectivity index (χ1v) is 9.04. The number of piperidine rings is 1. The van der Waals surface area contributed by atoms with Crippen LogP contribution in [0.1, 0.15) is 31.2 Å². The highest BCUT2D eigenvalue weighted by Gasteiger charge is 2.25. The summed E-state index contributed by atoms with van der Waals surface area (Å²) in [7, 11) is 0. The Labute approximate surface area is 144 Å². The number of carbonyl (C=O) groups excluding carboxylic acids is 1. The van der Waals surface area contributed by atoms with E-state index in [-0.39, 0.29) is 5.91 Å². The standard InChI is InChI=1S/C19H28N2O3/c22-17(14-21-10-4-7-19(21)23)13-20-11-8-18(9-12-20)24-15-16-5-2-1-3-6-16/h1-3,5-6,17-18,22H,4,7-15H2. The maximum Gasteiger partial charge on any atom is 0.222 e. The molecular weight excluding hydrogens is 304 g/mol. The molecule has 2 saturated heterocycles. The highest BCUT2D eigenvalue weighted by atomic mass is 16.5. The third-order valence-corrected chi connectivity index (χ3v) is 4.93. The van der Waals surface area contributed by atoms with Gasteiger partial charge in [-0.25, -0.2) is 0 Å². The van der Waals surface area contributed by atoms with Crippen LogP contribution in [0.3, 0.4) is 0 Å². The van der Waals surface area contributed by atoms with Gasteiger partial charge < -0.3 is 19.6 Å². The van der Waals surface area contributed by atoms with Crippen molar-refractivity contribution in [2.45, 2.75) is 44.5 Å². The Morgan fingerprint density at radius 1 is 1.12 bits per heavy atom. The lowest BCUT2D eigenvalue weighted by atomic mass is 10.1. The van der Waals surface area contributed by atoms with Gasteiger partial charge in [0.05, 0.1) is 18.8 Å². The fourth-order valence-corrected chi connectivity index (χ4v) is 3.55. The molecule has 0 spiro atoms. The molecule has 1 unspecified atom stereocenters. The van der Waals surface area contributed by atoms with E-state index in [1.54, 1.807) is 4.90 Å². The van der Waals surface area contributed by atoms with Gasteiger partial charge in [0.15, 0.2) is 0 Å². The van der Waals surface area contributed by atoms with Crippen LogP contribution in [0.25, 0.3) is 0 Å². The molecule has 1 N–H and O–H groups in total. The number of hydrogen-bond donors (Lipinski definition) is 1. The fourth-order valence-electron chi connectivity index (χ4n) is 3.55. The summed E-state index contributed by atoms with van der Waals surface area (Å²) in [5.41, 5.74) is 1.21. The second-order valence-electron chi connectivity index (χ2n) is 6.89. The van der Waals surface area contributed by atoms with E-state index in [0.717, 1.165) is 38.9 Å². The van der Waals surface area contributed by atoms with Crippen molar-refractivity contribution in [1.29, 1.82) is 0 Å². The molecule has 2 fully saturated rings. The van der Waals surface area contributed by atoms with Gasteiger partial charge in [-0.2, -0.15) is 0 Å². The molecule has 3 rings (SSSR count). The quantitative estimate of drug-likeness (QED) is 0.825. The summed E-state index contributed by atoms with van der Waals surface area (Å²) in [4.78, 5) is 15.7. The van der Waals surface area contributed by atoms with Gasteiger partial charge in [0.1, 0.15) is 0 Å². The SMILES string of the molecule is O=C1CCCN1CC(O)CN1CCC(OCc2ccccc2)CC1. The number of β-amino-alcohol motifs (C(OH)–C–C–N with tert-alkyl or cyclic N) is 1. The van der Waals surface area contributed by atoms with Gasteiger partial charge in [0.2, 0.25) is 5.91 Å². The molecule has 5 heteroatoms. The van der Waals surface area contributed by atoms with Gasteiger partial charge >= 0.3 is 0 Å². The van der Waals surface area contributed by atoms with Crippen LogP contribution in [0.15, 0.2) is 30.3 Å². The number of aliphatic hydroxyl groups excluding tert-OH is 1. The average molecular weight is 332 g/mol. The Morgan fingerprint density at radius 2 is 1.88 bits per heavy atom. The minimum atomic E-state index is -0.450. The van der Waals surface area contributed by atoms with Crippen LogP contribution >= 0.6 is 0 Å². The van der Waals surface area contributed by atoms with Crippen LogP contribution in [0.4, 0.5) is 0 Å². The molecule has 0 saturated carbocycles. The lowest BCUT2D eigenvalue weighted by molar-refractivity contribution is -0.129. The zero-order chi connectivity index (χ0) is 16.8. The van der Waals surface area contributed by atoms with Gasteiger partial charge in [-0.05, 0) is 24.8 Å². The number of hydrogen-bond acceptors (Lipinski definition) is 4. The van der Waals surface area contributed by atoms with E-state index < -0.39 is 6.10 Å². The third-order valence-electron chi connectivity index (χ3n) is 4.93. The van der Waals surface area contributed by atoms with Gasteiger partial charge in [-0.3, -0.25) is 4.79 Å². The highest BCUT2D eigenvalue weighted by Crippen LogP contribution is 2.17. The van der Waals surface area contributed by atoms with Crippen molar-refractivity contribution in [3.63, 3.8) is 0 Å². The Balaban J connectivity index is 1.33. The summed E-state index contributed by atoms with van der Waals surface area (Å²) >= 11 is 0. The van der Waals surface area contributed by atoms with E-state index >= 15 is 0 Å². The molecule has 0 bridgehead atoms. The van der Waals surface area contributed by atoms with Crippen LogP contribution in [-0.2, 0) is 16.1 Å². The second-order valence-corrected chi connectivity index (χ2v) is 6.89. The maximum absolute atomic E-state index is 11.6. The van der Waals surface area contributed by atoms with Crippen LogP contribution in [0.2, 0.25) is 0 Å². The van der Waals surface area contributed by atoms with Crippen molar-refractivity contribution in [1.82, 2.24) is 9.80 Å². The Kier molecular flexibility index (Phi) is 6.24. The van der Waals surface area contributed by atoms with E-state index in [9.17, 15) is 9.90 Å². The minimum Gasteiger partial charge on any atom is -0.390 e. The van der Waals surface area contributed by atoms with E-state index in [1.165, 1.54) is 5.56 Å². The van der Waals surface area contributed by atoms with Gasteiger partial charge in [0, 0.05) is 39.1 Å². The highest BCUT2D eigenvalue weighted by molar-refractivity contribution is 5.78. The normalized spacial score (nSPS) is 21.4. The second kappa shape index (κ2) is 8.60. The van der Waals surface area contributed by atoms with Crippen LogP contribution in [-0.4, -0.2) is 65.7 Å². The van der Waals surface area contributed by atoms with Crippen molar-refractivity contribution < 1.29 is 14.6 Å². The van der Waals surface area contributed by atoms with E-state index in [2.05, 4.69) is 17.0 Å². The van der Waals surface area contributed by atoms with Crippen LogP contribution in [0.5, 0.6) is 0 Å². The zero-order valence-electron chi connectivity index (χ0n) is 14.3. The molecule has 2 aliphatic rings. The molecular formula is C19H28N2O3. The third kappa shape index (κ3) is 5.03. The van der Waals surface area contributed by atoms with Crippen molar-refractivity contribution in [2.24, 2.45) is 0 Å². The van der Waals surface area contributed by atoms with E-state index in [0.29, 0.717) is 32.2 Å². The number of benzene rings is 1. The predicted molar refractivity (Wildman–Crippen MR) is 92.5 cm³/mol. The molecule has 1 atom stereocenters. The Morgan fingerprint density at radius 3 is 2.54 bits per heavy atom. The molecule has 0 aliphatic carbocycles. The monoisotopic (exact) mass is 332 g/mol. The van der Waals surface area contributed by atoms with Crippen molar-refractivity contribution in [2.75, 3.05) is 32.7 Å². The van der Waals surface area contributed by atoms with Gasteiger partial charge in [-0.15, -0.1) is 0 Å². The number of amides is 1. The molecule has 132 valence electrons. The molecule has 1 aromatic carbocycles. The molecule has 1 aromatic rings. The van der Waals surface area contributed by atoms with Crippen molar-refractivity contribution in [3.8, 4) is 0 Å². The number of aliphatic hydroxyl groups is 1. The van der Waals surface area contributed by atoms with Crippen LogP contribution < -0.4 is 0 Å². The average Bonchev–Trinajstić information content (AvgIpc) is 3.00. The molecule has 0 aromatic heterocycles. The van der Waals surface area contributed by atoms with Gasteiger partial charge in [-0.1, -0.05) is 30.3 Å². The number of likely N-dealkylation sites (tertiary alicyclic amines) is 2. The Bertz CT molecular complexity index is 515. The number of ether oxygens (including phenoxy) is 1. The molecule has 0 radical (unpaired) electrons. The van der Waals surface area contributed by atoms with E-state index in [1.807, 2.05) is 18.2 Å². The summed E-state index contributed by atoms with van der Waals surface area (Å²) < 4.78 is 6.00. The first-order valence-electron chi connectivity index (χ1n) is 9.04. The van der Waals surface area contributed by atoms with Gasteiger partial charge in [0.25, 0.3) is 0 Å². The molecule has 2 aliphatic heterocycles. The van der Waals surface area contributed by atoms with Crippen molar-refractivity contribution >= 4 is 5.91 Å². The van der Waals surface area contributed by atoms with E-state index in [4.69, 9.17) is 4.74 Å². The Hall–Kier alpha value is -1.43. The lowest BCUT2D eigenvalue weighted by Gasteiger charge is -2.33. The lowest BCUT2D eigenvalue weighted by Crippen LogP contribution is -2.44. The topological polar surface area (TPSA) is 53.0 Å². The molecule has 24 heavy (non-hydrogen) atoms. The first kappa shape index (κ1) is 17.4. The van der Waals surface area contributed by atoms with Crippen LogP contribution in [0, 0.1) is 0 Å². The number of rotatable bonds is 7. The van der Waals surface area contributed by atoms with Crippen molar-refractivity contribution in [3.05, 3.63) is 35.9 Å². The fraction of sp³-hybridized carbons (Fsp3) is 0.632. The smallest absolute Gasteiger partial charge is 0.222 e.